The summed E-state index contributed by atoms with van der Waals surface area (Å²) in [6.07, 6.45) is 2.32. The Hall–Kier alpha value is -2.58. The van der Waals surface area contributed by atoms with Crippen molar-refractivity contribution < 1.29 is 22.8 Å². The summed E-state index contributed by atoms with van der Waals surface area (Å²) in [6.45, 7) is -2.80. The smallest absolute Gasteiger partial charge is 0.388 e. The zero-order valence-electron chi connectivity index (χ0n) is 10.4. The van der Waals surface area contributed by atoms with E-state index in [1.54, 1.807) is 7.05 Å². The number of halogens is 2. The minimum Gasteiger partial charge on any atom is -0.417 e. The van der Waals surface area contributed by atoms with Gasteiger partial charge in [0, 0.05) is 19.3 Å². The number of carbonyl (C=O) groups excluding carboxylic acids is 1. The monoisotopic (exact) mass is 284 g/mol. The van der Waals surface area contributed by atoms with Crippen LogP contribution >= 0.6 is 0 Å². The van der Waals surface area contributed by atoms with Crippen molar-refractivity contribution in [3.05, 3.63) is 36.1 Å². The molecule has 0 spiro atoms. The Labute approximate surface area is 112 Å². The fourth-order valence-corrected chi connectivity index (χ4v) is 1.43. The van der Waals surface area contributed by atoms with Gasteiger partial charge in [-0.05, 0) is 6.07 Å². The van der Waals surface area contributed by atoms with E-state index in [9.17, 15) is 13.6 Å². The molecule has 106 valence electrons. The van der Waals surface area contributed by atoms with Crippen molar-refractivity contribution in [2.45, 2.75) is 13.2 Å². The van der Waals surface area contributed by atoms with E-state index in [0.29, 0.717) is 5.82 Å². The Morgan fingerprint density at radius 2 is 2.25 bits per heavy atom. The zero-order valence-corrected chi connectivity index (χ0v) is 10.4. The number of ether oxygens (including phenoxy) is 1. The maximum atomic E-state index is 12.0. The van der Waals surface area contributed by atoms with Crippen molar-refractivity contribution in [2.24, 2.45) is 0 Å². The number of rotatable bonds is 5. The predicted octanol–water partition coefficient (Wildman–Crippen LogP) is 1.34. The third-order valence-corrected chi connectivity index (χ3v) is 2.33. The van der Waals surface area contributed by atoms with Crippen LogP contribution in [0.3, 0.4) is 0 Å². The van der Waals surface area contributed by atoms with Crippen molar-refractivity contribution in [2.75, 3.05) is 7.05 Å². The highest BCUT2D eigenvalue weighted by Gasteiger charge is 2.15. The van der Waals surface area contributed by atoms with Crippen LogP contribution in [0.15, 0.2) is 29.2 Å². The molecule has 20 heavy (non-hydrogen) atoms. The molecule has 2 rings (SSSR count). The van der Waals surface area contributed by atoms with Crippen LogP contribution in [-0.2, 0) is 6.54 Å². The summed E-state index contributed by atoms with van der Waals surface area (Å²) in [5.74, 6) is -0.255. The highest BCUT2D eigenvalue weighted by Crippen LogP contribution is 2.12. The maximum Gasteiger partial charge on any atom is 0.388 e. The first-order valence-electron chi connectivity index (χ1n) is 5.48. The minimum absolute atomic E-state index is 0.157. The van der Waals surface area contributed by atoms with E-state index in [0.717, 1.165) is 12.6 Å². The van der Waals surface area contributed by atoms with Gasteiger partial charge in [-0.2, -0.15) is 13.8 Å². The minimum atomic E-state index is -2.95. The van der Waals surface area contributed by atoms with Gasteiger partial charge in [-0.3, -0.25) is 4.79 Å². The second-order valence-corrected chi connectivity index (χ2v) is 3.77. The molecule has 0 saturated heterocycles. The van der Waals surface area contributed by atoms with Crippen LogP contribution < -0.4 is 4.74 Å². The van der Waals surface area contributed by atoms with Gasteiger partial charge < -0.3 is 14.2 Å². The van der Waals surface area contributed by atoms with Crippen LogP contribution in [0.25, 0.3) is 0 Å². The molecule has 0 N–H and O–H groups in total. The van der Waals surface area contributed by atoms with Crippen LogP contribution in [0.4, 0.5) is 8.78 Å². The lowest BCUT2D eigenvalue weighted by Gasteiger charge is -2.14. The molecule has 2 aromatic rings. The lowest BCUT2D eigenvalue weighted by Crippen LogP contribution is -2.26. The molecule has 2 heterocycles. The van der Waals surface area contributed by atoms with E-state index in [1.165, 1.54) is 17.0 Å². The number of amides is 1. The Morgan fingerprint density at radius 1 is 1.45 bits per heavy atom. The predicted molar refractivity (Wildman–Crippen MR) is 61.0 cm³/mol. The lowest BCUT2D eigenvalue weighted by atomic mass is 10.2. The molecule has 9 heteroatoms. The molecule has 2 aromatic heterocycles. The number of aromatic nitrogens is 3. The van der Waals surface area contributed by atoms with E-state index < -0.39 is 6.61 Å². The van der Waals surface area contributed by atoms with E-state index in [2.05, 4.69) is 24.4 Å². The van der Waals surface area contributed by atoms with Crippen molar-refractivity contribution in [3.63, 3.8) is 0 Å². The van der Waals surface area contributed by atoms with Gasteiger partial charge in [0.1, 0.15) is 0 Å². The summed E-state index contributed by atoms with van der Waals surface area (Å²) in [6, 6.07) is 2.54. The standard InChI is InChI=1S/C11H10F2N4O3/c1-17(5-8-15-6-19-16-8)10(18)7-2-3-9(14-4-7)20-11(12)13/h2-4,6,11H,5H2,1H3. The molecule has 0 aromatic carbocycles. The van der Waals surface area contributed by atoms with Gasteiger partial charge in [0.2, 0.25) is 12.3 Å². The number of hydrogen-bond donors (Lipinski definition) is 0. The second-order valence-electron chi connectivity index (χ2n) is 3.77. The van der Waals surface area contributed by atoms with Crippen LogP contribution in [0.2, 0.25) is 0 Å². The van der Waals surface area contributed by atoms with Gasteiger partial charge in [-0.15, -0.1) is 0 Å². The van der Waals surface area contributed by atoms with Crippen molar-refractivity contribution in [1.82, 2.24) is 20.0 Å². The van der Waals surface area contributed by atoms with Gasteiger partial charge in [0.05, 0.1) is 12.1 Å². The fourth-order valence-electron chi connectivity index (χ4n) is 1.43. The first-order valence-corrected chi connectivity index (χ1v) is 5.48. The molecule has 0 atom stereocenters. The Kier molecular flexibility index (Phi) is 4.18. The Bertz CT molecular complexity index is 560. The number of hydrogen-bond acceptors (Lipinski definition) is 6. The summed E-state index contributed by atoms with van der Waals surface area (Å²) < 4.78 is 32.6. The van der Waals surface area contributed by atoms with Crippen LogP contribution in [0.5, 0.6) is 5.88 Å². The van der Waals surface area contributed by atoms with E-state index in [-0.39, 0.29) is 23.9 Å². The molecule has 0 fully saturated rings. The zero-order chi connectivity index (χ0) is 14.5. The first-order chi connectivity index (χ1) is 9.56. The Balaban J connectivity index is 2.01. The maximum absolute atomic E-state index is 12.0. The number of pyridine rings is 1. The van der Waals surface area contributed by atoms with Crippen LogP contribution in [-0.4, -0.2) is 39.6 Å². The van der Waals surface area contributed by atoms with Gasteiger partial charge in [0.15, 0.2) is 5.82 Å². The van der Waals surface area contributed by atoms with E-state index >= 15 is 0 Å². The number of nitrogens with zero attached hydrogens (tertiary/aromatic N) is 4. The van der Waals surface area contributed by atoms with Gasteiger partial charge >= 0.3 is 6.61 Å². The third-order valence-electron chi connectivity index (χ3n) is 2.33. The molecule has 0 aliphatic carbocycles. The average Bonchev–Trinajstić information content (AvgIpc) is 2.91. The lowest BCUT2D eigenvalue weighted by molar-refractivity contribution is -0.0528. The molecule has 0 aliphatic heterocycles. The summed E-state index contributed by atoms with van der Waals surface area (Å²) in [5, 5.41) is 3.58. The third kappa shape index (κ3) is 3.46. The summed E-state index contributed by atoms with van der Waals surface area (Å²) in [7, 11) is 1.54. The highest BCUT2D eigenvalue weighted by atomic mass is 19.3. The van der Waals surface area contributed by atoms with Gasteiger partial charge in [-0.1, -0.05) is 5.16 Å². The molecule has 0 aliphatic rings. The molecular formula is C11H10F2N4O3. The first kappa shape index (κ1) is 13.8. The number of alkyl halides is 2. The van der Waals surface area contributed by atoms with Gasteiger partial charge in [-0.25, -0.2) is 4.98 Å². The quantitative estimate of drug-likeness (QED) is 0.824. The van der Waals surface area contributed by atoms with E-state index in [1.807, 2.05) is 0 Å². The van der Waals surface area contributed by atoms with Gasteiger partial charge in [0.25, 0.3) is 5.91 Å². The summed E-state index contributed by atoms with van der Waals surface area (Å²) in [4.78, 5) is 20.8. The highest BCUT2D eigenvalue weighted by molar-refractivity contribution is 5.93. The molecule has 0 bridgehead atoms. The molecule has 7 nitrogen and oxygen atoms in total. The largest absolute Gasteiger partial charge is 0.417 e. The van der Waals surface area contributed by atoms with Crippen molar-refractivity contribution >= 4 is 5.91 Å². The van der Waals surface area contributed by atoms with Crippen molar-refractivity contribution in [1.29, 1.82) is 0 Å². The molecule has 0 saturated carbocycles. The SMILES string of the molecule is CN(Cc1ncon1)C(=O)c1ccc(OC(F)F)nc1. The topological polar surface area (TPSA) is 81.4 Å². The molecule has 0 unspecified atom stereocenters. The fraction of sp³-hybridized carbons (Fsp3) is 0.273. The average molecular weight is 284 g/mol. The van der Waals surface area contributed by atoms with E-state index in [4.69, 9.17) is 0 Å². The Morgan fingerprint density at radius 3 is 2.80 bits per heavy atom. The molecule has 1 amide bonds. The summed E-state index contributed by atoms with van der Waals surface area (Å²) in [5.41, 5.74) is 0.234. The normalized spacial score (nSPS) is 10.6. The van der Waals surface area contributed by atoms with Crippen LogP contribution in [0, 0.1) is 0 Å². The summed E-state index contributed by atoms with van der Waals surface area (Å²) >= 11 is 0. The second kappa shape index (κ2) is 6.04. The molecule has 0 radical (unpaired) electrons. The van der Waals surface area contributed by atoms with Crippen molar-refractivity contribution in [3.8, 4) is 5.88 Å². The van der Waals surface area contributed by atoms with Crippen LogP contribution in [0.1, 0.15) is 16.2 Å². The number of carbonyl (C=O) groups is 1. The molecular weight excluding hydrogens is 274 g/mol.